The molecule has 0 aromatic heterocycles. The van der Waals surface area contributed by atoms with Crippen LogP contribution in [-0.2, 0) is 14.2 Å². The van der Waals surface area contributed by atoms with E-state index in [1.165, 1.54) is 12.7 Å². The lowest BCUT2D eigenvalue weighted by atomic mass is 10.0. The second-order valence-corrected chi connectivity index (χ2v) is 7.25. The Hall–Kier alpha value is -1.69. The Morgan fingerprint density at radius 1 is 1.24 bits per heavy atom. The number of benzene rings is 1. The fourth-order valence-electron chi connectivity index (χ4n) is 2.61. The third kappa shape index (κ3) is 6.98. The standard InChI is InChI=1S/C20H29NO4/c1-20(2,3)25-15-24-14-21-10-8-16(9-11-21)12-17-6-5-7-18(13-17)19(22)23-4/h5-7,12-13H,8-11,14-15H2,1-4H3. The van der Waals surface area contributed by atoms with Crippen molar-refractivity contribution < 1.29 is 19.0 Å². The quantitative estimate of drug-likeness (QED) is 0.446. The van der Waals surface area contributed by atoms with Crippen LogP contribution in [0.4, 0.5) is 0 Å². The Morgan fingerprint density at radius 2 is 1.96 bits per heavy atom. The molecule has 5 heteroatoms. The van der Waals surface area contributed by atoms with E-state index in [2.05, 4.69) is 11.0 Å². The highest BCUT2D eigenvalue weighted by Gasteiger charge is 2.15. The number of carbonyl (C=O) groups excluding carboxylic acids is 1. The van der Waals surface area contributed by atoms with Gasteiger partial charge in [0.25, 0.3) is 0 Å². The molecular formula is C20H29NO4. The van der Waals surface area contributed by atoms with E-state index in [0.717, 1.165) is 31.5 Å². The Labute approximate surface area is 150 Å². The molecule has 2 rings (SSSR count). The van der Waals surface area contributed by atoms with Gasteiger partial charge in [-0.1, -0.05) is 23.8 Å². The Morgan fingerprint density at radius 3 is 2.60 bits per heavy atom. The normalized spacial score (nSPS) is 15.9. The summed E-state index contributed by atoms with van der Waals surface area (Å²) in [5.41, 5.74) is 2.85. The predicted molar refractivity (Wildman–Crippen MR) is 98.2 cm³/mol. The van der Waals surface area contributed by atoms with Gasteiger partial charge in [0, 0.05) is 13.1 Å². The number of rotatable bonds is 6. The zero-order chi connectivity index (χ0) is 18.3. The minimum atomic E-state index is -0.301. The number of nitrogens with zero attached hydrogens (tertiary/aromatic N) is 1. The molecule has 1 aliphatic heterocycles. The van der Waals surface area contributed by atoms with Gasteiger partial charge >= 0.3 is 5.97 Å². The minimum Gasteiger partial charge on any atom is -0.465 e. The number of piperidine rings is 1. The summed E-state index contributed by atoms with van der Waals surface area (Å²) < 4.78 is 15.9. The summed E-state index contributed by atoms with van der Waals surface area (Å²) in [6.07, 6.45) is 4.19. The molecule has 1 saturated heterocycles. The van der Waals surface area contributed by atoms with Crippen LogP contribution in [0.1, 0.15) is 49.5 Å². The largest absolute Gasteiger partial charge is 0.465 e. The van der Waals surface area contributed by atoms with E-state index in [9.17, 15) is 4.79 Å². The van der Waals surface area contributed by atoms with Crippen molar-refractivity contribution in [2.75, 3.05) is 33.7 Å². The van der Waals surface area contributed by atoms with Crippen molar-refractivity contribution >= 4 is 12.0 Å². The highest BCUT2D eigenvalue weighted by atomic mass is 16.7. The van der Waals surface area contributed by atoms with Gasteiger partial charge < -0.3 is 14.2 Å². The van der Waals surface area contributed by atoms with Crippen molar-refractivity contribution in [3.8, 4) is 0 Å². The molecule has 1 heterocycles. The number of methoxy groups -OCH3 is 1. The molecule has 1 aromatic carbocycles. The highest BCUT2D eigenvalue weighted by Crippen LogP contribution is 2.20. The average Bonchev–Trinajstić information content (AvgIpc) is 2.59. The number of ether oxygens (including phenoxy) is 3. The second-order valence-electron chi connectivity index (χ2n) is 7.25. The average molecular weight is 347 g/mol. The van der Waals surface area contributed by atoms with Gasteiger partial charge in [-0.3, -0.25) is 4.90 Å². The summed E-state index contributed by atoms with van der Waals surface area (Å²) in [6.45, 7) is 8.91. The monoisotopic (exact) mass is 347 g/mol. The van der Waals surface area contributed by atoms with Gasteiger partial charge in [-0.05, 0) is 51.3 Å². The fourth-order valence-corrected chi connectivity index (χ4v) is 2.61. The molecule has 1 aromatic rings. The third-order valence-corrected chi connectivity index (χ3v) is 4.03. The van der Waals surface area contributed by atoms with Gasteiger partial charge in [0.15, 0.2) is 0 Å². The van der Waals surface area contributed by atoms with Crippen molar-refractivity contribution in [3.63, 3.8) is 0 Å². The maximum absolute atomic E-state index is 11.6. The lowest BCUT2D eigenvalue weighted by Gasteiger charge is -2.28. The fraction of sp³-hybridized carbons (Fsp3) is 0.550. The van der Waals surface area contributed by atoms with E-state index in [1.807, 2.05) is 39.0 Å². The highest BCUT2D eigenvalue weighted by molar-refractivity contribution is 5.90. The second kappa shape index (κ2) is 9.13. The number of esters is 1. The van der Waals surface area contributed by atoms with Gasteiger partial charge in [-0.25, -0.2) is 4.79 Å². The number of hydrogen-bond acceptors (Lipinski definition) is 5. The Kier molecular flexibility index (Phi) is 7.17. The molecule has 0 bridgehead atoms. The molecule has 0 amide bonds. The summed E-state index contributed by atoms with van der Waals surface area (Å²) in [5.74, 6) is -0.301. The lowest BCUT2D eigenvalue weighted by Crippen LogP contribution is -2.33. The predicted octanol–water partition coefficient (Wildman–Crippen LogP) is 3.70. The Balaban J connectivity index is 1.80. The van der Waals surface area contributed by atoms with Gasteiger partial charge in [-0.2, -0.15) is 0 Å². The first-order chi connectivity index (χ1) is 11.9. The molecule has 0 atom stereocenters. The summed E-state index contributed by atoms with van der Waals surface area (Å²) in [4.78, 5) is 13.9. The van der Waals surface area contributed by atoms with Crippen LogP contribution in [0.25, 0.3) is 6.08 Å². The van der Waals surface area contributed by atoms with Crippen molar-refractivity contribution in [2.24, 2.45) is 0 Å². The first-order valence-corrected chi connectivity index (χ1v) is 8.69. The van der Waals surface area contributed by atoms with Gasteiger partial charge in [0.05, 0.1) is 18.3 Å². The molecule has 0 saturated carbocycles. The lowest BCUT2D eigenvalue weighted by molar-refractivity contribution is -0.141. The molecule has 5 nitrogen and oxygen atoms in total. The molecule has 0 radical (unpaired) electrons. The third-order valence-electron chi connectivity index (χ3n) is 4.03. The first-order valence-electron chi connectivity index (χ1n) is 8.69. The topological polar surface area (TPSA) is 48.0 Å². The SMILES string of the molecule is COC(=O)c1cccc(C=C2CCN(COCOC(C)(C)C)CC2)c1. The van der Waals surface area contributed by atoms with Crippen LogP contribution in [0.5, 0.6) is 0 Å². The van der Waals surface area contributed by atoms with Crippen molar-refractivity contribution in [1.82, 2.24) is 4.90 Å². The number of hydrogen-bond donors (Lipinski definition) is 0. The first kappa shape index (κ1) is 19.6. The van der Waals surface area contributed by atoms with Crippen molar-refractivity contribution in [3.05, 3.63) is 41.0 Å². The van der Waals surface area contributed by atoms with Crippen LogP contribution in [0, 0.1) is 0 Å². The smallest absolute Gasteiger partial charge is 0.337 e. The maximum atomic E-state index is 11.6. The zero-order valence-corrected chi connectivity index (χ0v) is 15.7. The van der Waals surface area contributed by atoms with E-state index in [-0.39, 0.29) is 11.6 Å². The van der Waals surface area contributed by atoms with E-state index >= 15 is 0 Å². The molecule has 138 valence electrons. The summed E-state index contributed by atoms with van der Waals surface area (Å²) in [6, 6.07) is 7.54. The minimum absolute atomic E-state index is 0.170. The van der Waals surface area contributed by atoms with Gasteiger partial charge in [0.2, 0.25) is 0 Å². The van der Waals surface area contributed by atoms with Crippen LogP contribution in [0.3, 0.4) is 0 Å². The summed E-state index contributed by atoms with van der Waals surface area (Å²) in [5, 5.41) is 0. The summed E-state index contributed by atoms with van der Waals surface area (Å²) in [7, 11) is 1.40. The Bertz CT molecular complexity index is 594. The number of likely N-dealkylation sites (tertiary alicyclic amines) is 1. The van der Waals surface area contributed by atoms with E-state index in [0.29, 0.717) is 19.1 Å². The van der Waals surface area contributed by atoms with Crippen molar-refractivity contribution in [1.29, 1.82) is 0 Å². The maximum Gasteiger partial charge on any atom is 0.337 e. The zero-order valence-electron chi connectivity index (χ0n) is 15.7. The van der Waals surface area contributed by atoms with Crippen molar-refractivity contribution in [2.45, 2.75) is 39.2 Å². The van der Waals surface area contributed by atoms with Crippen LogP contribution in [-0.4, -0.2) is 50.2 Å². The van der Waals surface area contributed by atoms with E-state index < -0.39 is 0 Å². The molecule has 25 heavy (non-hydrogen) atoms. The van der Waals surface area contributed by atoms with E-state index in [4.69, 9.17) is 14.2 Å². The van der Waals surface area contributed by atoms with Crippen LogP contribution in [0.2, 0.25) is 0 Å². The molecule has 1 fully saturated rings. The molecule has 0 N–H and O–H groups in total. The molecular weight excluding hydrogens is 318 g/mol. The van der Waals surface area contributed by atoms with Gasteiger partial charge in [0.1, 0.15) is 13.5 Å². The molecule has 0 spiro atoms. The molecule has 0 aliphatic carbocycles. The molecule has 1 aliphatic rings. The van der Waals surface area contributed by atoms with E-state index in [1.54, 1.807) is 6.07 Å². The van der Waals surface area contributed by atoms with Gasteiger partial charge in [-0.15, -0.1) is 0 Å². The van der Waals surface area contributed by atoms with Crippen LogP contribution >= 0.6 is 0 Å². The number of carbonyl (C=O) groups is 1. The molecule has 0 unspecified atom stereocenters. The van der Waals surface area contributed by atoms with Crippen LogP contribution < -0.4 is 0 Å². The summed E-state index contributed by atoms with van der Waals surface area (Å²) >= 11 is 0. The van der Waals surface area contributed by atoms with Crippen LogP contribution in [0.15, 0.2) is 29.8 Å².